The molecule has 92 valence electrons. The first-order valence-corrected chi connectivity index (χ1v) is 6.47. The molecule has 17 heavy (non-hydrogen) atoms. The standard InChI is InChI=1S/C12H16N2O2S/c1-3-5-17-6-4-13-12(16)10-8-14-9(2)7-11(10)15/h3,7-8H,1,4-6H2,2H3,(H,13,16)(H,14,15). The minimum atomic E-state index is -0.328. The molecule has 4 nitrogen and oxygen atoms in total. The van der Waals surface area contributed by atoms with E-state index in [0.29, 0.717) is 6.54 Å². The third kappa shape index (κ3) is 4.48. The van der Waals surface area contributed by atoms with Gasteiger partial charge in [0.05, 0.1) is 0 Å². The van der Waals surface area contributed by atoms with Gasteiger partial charge < -0.3 is 10.3 Å². The third-order valence-electron chi connectivity index (χ3n) is 2.07. The highest BCUT2D eigenvalue weighted by atomic mass is 32.2. The minimum Gasteiger partial charge on any atom is -0.364 e. The lowest BCUT2D eigenvalue weighted by atomic mass is 10.2. The van der Waals surface area contributed by atoms with Crippen LogP contribution in [0.5, 0.6) is 0 Å². The molecule has 0 atom stereocenters. The highest BCUT2D eigenvalue weighted by Gasteiger charge is 2.08. The molecule has 5 heteroatoms. The summed E-state index contributed by atoms with van der Waals surface area (Å²) in [6, 6.07) is 1.42. The van der Waals surface area contributed by atoms with Gasteiger partial charge in [-0.25, -0.2) is 0 Å². The summed E-state index contributed by atoms with van der Waals surface area (Å²) in [6.45, 7) is 5.93. The zero-order valence-electron chi connectivity index (χ0n) is 9.79. The summed E-state index contributed by atoms with van der Waals surface area (Å²) < 4.78 is 0. The summed E-state index contributed by atoms with van der Waals surface area (Å²) >= 11 is 1.68. The Morgan fingerprint density at radius 3 is 3.06 bits per heavy atom. The van der Waals surface area contributed by atoms with Crippen LogP contribution in [0.15, 0.2) is 29.7 Å². The fraction of sp³-hybridized carbons (Fsp3) is 0.333. The molecule has 0 unspecified atom stereocenters. The summed E-state index contributed by atoms with van der Waals surface area (Å²) in [7, 11) is 0. The zero-order chi connectivity index (χ0) is 12.7. The Kier molecular flexibility index (Phi) is 5.56. The molecule has 0 spiro atoms. The van der Waals surface area contributed by atoms with Crippen molar-refractivity contribution in [2.45, 2.75) is 6.92 Å². The maximum Gasteiger partial charge on any atom is 0.256 e. The number of hydrogen-bond acceptors (Lipinski definition) is 3. The van der Waals surface area contributed by atoms with Crippen LogP contribution in [0.2, 0.25) is 0 Å². The topological polar surface area (TPSA) is 62.0 Å². The quantitative estimate of drug-likeness (QED) is 0.593. The van der Waals surface area contributed by atoms with Crippen LogP contribution in [0.3, 0.4) is 0 Å². The lowest BCUT2D eigenvalue weighted by Gasteiger charge is -2.04. The van der Waals surface area contributed by atoms with Gasteiger partial charge >= 0.3 is 0 Å². The van der Waals surface area contributed by atoms with Gasteiger partial charge in [0.1, 0.15) is 5.56 Å². The van der Waals surface area contributed by atoms with Gasteiger partial charge in [0.2, 0.25) is 0 Å². The second kappa shape index (κ2) is 6.96. The van der Waals surface area contributed by atoms with Crippen molar-refractivity contribution < 1.29 is 4.79 Å². The molecule has 1 heterocycles. The number of aromatic nitrogens is 1. The molecule has 2 N–H and O–H groups in total. The second-order valence-corrected chi connectivity index (χ2v) is 4.66. The first-order valence-electron chi connectivity index (χ1n) is 5.31. The van der Waals surface area contributed by atoms with Crippen molar-refractivity contribution in [2.24, 2.45) is 0 Å². The molecule has 1 rings (SSSR count). The van der Waals surface area contributed by atoms with E-state index in [4.69, 9.17) is 0 Å². The number of carbonyl (C=O) groups excluding carboxylic acids is 1. The fourth-order valence-corrected chi connectivity index (χ4v) is 1.83. The maximum atomic E-state index is 11.6. The molecule has 0 saturated heterocycles. The molecule has 0 aliphatic rings. The van der Waals surface area contributed by atoms with E-state index < -0.39 is 0 Å². The number of nitrogens with one attached hydrogen (secondary N) is 2. The largest absolute Gasteiger partial charge is 0.364 e. The van der Waals surface area contributed by atoms with E-state index in [1.807, 2.05) is 6.08 Å². The molecule has 0 aliphatic carbocycles. The normalized spacial score (nSPS) is 9.94. The Labute approximate surface area is 105 Å². The van der Waals surface area contributed by atoms with Gasteiger partial charge in [-0.2, -0.15) is 11.8 Å². The number of carbonyl (C=O) groups is 1. The van der Waals surface area contributed by atoms with Gasteiger partial charge in [0, 0.05) is 36.0 Å². The van der Waals surface area contributed by atoms with E-state index in [1.54, 1.807) is 18.7 Å². The van der Waals surface area contributed by atoms with Crippen molar-refractivity contribution in [3.05, 3.63) is 46.4 Å². The molecule has 0 aromatic carbocycles. The van der Waals surface area contributed by atoms with Crippen LogP contribution < -0.4 is 10.7 Å². The van der Waals surface area contributed by atoms with Crippen molar-refractivity contribution in [3.63, 3.8) is 0 Å². The Morgan fingerprint density at radius 1 is 1.65 bits per heavy atom. The Bertz CT molecular complexity index is 454. The number of thioether (sulfide) groups is 1. The van der Waals surface area contributed by atoms with E-state index in [1.165, 1.54) is 12.3 Å². The van der Waals surface area contributed by atoms with Crippen molar-refractivity contribution in [3.8, 4) is 0 Å². The Balaban J connectivity index is 2.47. The average Bonchev–Trinajstić information content (AvgIpc) is 2.28. The van der Waals surface area contributed by atoms with E-state index in [0.717, 1.165) is 17.2 Å². The molecular formula is C12H16N2O2S. The van der Waals surface area contributed by atoms with Gasteiger partial charge in [0.15, 0.2) is 5.43 Å². The van der Waals surface area contributed by atoms with Gasteiger partial charge in [-0.15, -0.1) is 6.58 Å². The van der Waals surface area contributed by atoms with Gasteiger partial charge in [-0.3, -0.25) is 9.59 Å². The predicted molar refractivity (Wildman–Crippen MR) is 71.7 cm³/mol. The number of aryl methyl sites for hydroxylation is 1. The summed E-state index contributed by atoms with van der Waals surface area (Å²) in [5, 5.41) is 2.70. The number of hydrogen-bond donors (Lipinski definition) is 2. The second-order valence-electron chi connectivity index (χ2n) is 3.51. The molecule has 0 aliphatic heterocycles. The molecule has 1 aromatic rings. The van der Waals surface area contributed by atoms with Crippen LogP contribution in [0.25, 0.3) is 0 Å². The van der Waals surface area contributed by atoms with Crippen molar-refractivity contribution >= 4 is 17.7 Å². The fourth-order valence-electron chi connectivity index (χ4n) is 1.25. The van der Waals surface area contributed by atoms with Crippen molar-refractivity contribution in [1.82, 2.24) is 10.3 Å². The minimum absolute atomic E-state index is 0.157. The van der Waals surface area contributed by atoms with E-state index in [2.05, 4.69) is 16.9 Å². The first kappa shape index (κ1) is 13.6. The molecule has 0 bridgehead atoms. The summed E-state index contributed by atoms with van der Waals surface area (Å²) in [6.07, 6.45) is 3.26. The number of pyridine rings is 1. The van der Waals surface area contributed by atoms with Crippen molar-refractivity contribution in [2.75, 3.05) is 18.1 Å². The van der Waals surface area contributed by atoms with Gasteiger partial charge in [0.25, 0.3) is 5.91 Å². The van der Waals surface area contributed by atoms with Crippen LogP contribution >= 0.6 is 11.8 Å². The summed E-state index contributed by atoms with van der Waals surface area (Å²) in [4.78, 5) is 26.0. The van der Waals surface area contributed by atoms with Crippen LogP contribution in [0, 0.1) is 6.92 Å². The van der Waals surface area contributed by atoms with Crippen molar-refractivity contribution in [1.29, 1.82) is 0 Å². The smallest absolute Gasteiger partial charge is 0.256 e. The van der Waals surface area contributed by atoms with Gasteiger partial charge in [-0.1, -0.05) is 6.08 Å². The first-order chi connectivity index (χ1) is 8.15. The zero-order valence-corrected chi connectivity index (χ0v) is 10.6. The number of amides is 1. The lowest BCUT2D eigenvalue weighted by Crippen LogP contribution is -2.30. The molecule has 0 radical (unpaired) electrons. The van der Waals surface area contributed by atoms with Crippen LogP contribution in [-0.4, -0.2) is 28.9 Å². The van der Waals surface area contributed by atoms with Crippen LogP contribution in [0.4, 0.5) is 0 Å². The monoisotopic (exact) mass is 252 g/mol. The number of rotatable bonds is 6. The van der Waals surface area contributed by atoms with E-state index >= 15 is 0 Å². The van der Waals surface area contributed by atoms with E-state index in [9.17, 15) is 9.59 Å². The van der Waals surface area contributed by atoms with Crippen LogP contribution in [-0.2, 0) is 0 Å². The van der Waals surface area contributed by atoms with Gasteiger partial charge in [-0.05, 0) is 6.92 Å². The number of H-pyrrole nitrogens is 1. The summed E-state index contributed by atoms with van der Waals surface area (Å²) in [5.74, 6) is 1.34. The average molecular weight is 252 g/mol. The Hall–Kier alpha value is -1.49. The molecule has 1 amide bonds. The predicted octanol–water partition coefficient (Wildman–Crippen LogP) is 1.33. The maximum absolute atomic E-state index is 11.6. The lowest BCUT2D eigenvalue weighted by molar-refractivity contribution is 0.0955. The van der Waals surface area contributed by atoms with Crippen LogP contribution in [0.1, 0.15) is 16.1 Å². The highest BCUT2D eigenvalue weighted by Crippen LogP contribution is 1.98. The molecule has 0 saturated carbocycles. The molecule has 0 fully saturated rings. The highest BCUT2D eigenvalue weighted by molar-refractivity contribution is 7.99. The number of aromatic amines is 1. The summed E-state index contributed by atoms with van der Waals surface area (Å²) in [5.41, 5.74) is 0.648. The third-order valence-corrected chi connectivity index (χ3v) is 3.03. The van der Waals surface area contributed by atoms with E-state index in [-0.39, 0.29) is 16.9 Å². The molecular weight excluding hydrogens is 236 g/mol. The SMILES string of the molecule is C=CCSCCNC(=O)c1c[nH]c(C)cc1=O. The molecule has 1 aromatic heterocycles. The Morgan fingerprint density at radius 2 is 2.41 bits per heavy atom.